The van der Waals surface area contributed by atoms with Crippen molar-refractivity contribution in [3.8, 4) is 11.1 Å². The lowest BCUT2D eigenvalue weighted by molar-refractivity contribution is 0.577. The van der Waals surface area contributed by atoms with Gasteiger partial charge in [-0.15, -0.1) is 10.6 Å². The highest BCUT2D eigenvalue weighted by molar-refractivity contribution is 9.10. The Kier molecular flexibility index (Phi) is 3.93. The molecule has 11 heteroatoms. The summed E-state index contributed by atoms with van der Waals surface area (Å²) in [7, 11) is -4.01. The molecule has 1 aliphatic heterocycles. The average Bonchev–Trinajstić information content (AvgIpc) is 3.00. The third-order valence-electron chi connectivity index (χ3n) is 3.13. The predicted molar refractivity (Wildman–Crippen MR) is 89.1 cm³/mol. The minimum atomic E-state index is -4.01. The molecule has 0 radical (unpaired) electrons. The van der Waals surface area contributed by atoms with E-state index in [1.807, 2.05) is 0 Å². The highest BCUT2D eigenvalue weighted by Gasteiger charge is 2.26. The van der Waals surface area contributed by atoms with Gasteiger partial charge in [-0.25, -0.2) is 24.1 Å². The van der Waals surface area contributed by atoms with Crippen molar-refractivity contribution in [2.75, 3.05) is 5.73 Å². The molecule has 1 aromatic carbocycles. The van der Waals surface area contributed by atoms with Gasteiger partial charge in [-0.1, -0.05) is 6.07 Å². The molecular weight excluding hydrogens is 386 g/mol. The van der Waals surface area contributed by atoms with E-state index in [0.717, 1.165) is 0 Å². The zero-order valence-corrected chi connectivity index (χ0v) is 13.9. The number of benzene rings is 1. The molecular formula is C12H12BrN7O2S. The summed E-state index contributed by atoms with van der Waals surface area (Å²) < 4.78 is 24.4. The standard InChI is InChI=1S/C12H12BrN7O2S/c13-8-3-2-7(6-1-4-9(14)16-5-6)10(11(8)23(15,21)22)12-17-19-20-18-12/h1-5,19-20H,(H2,14,16)(H,17,18)(H2,15,21,22). The normalized spacial score (nSPS) is 14.1. The van der Waals surface area contributed by atoms with Gasteiger partial charge in [0.1, 0.15) is 10.7 Å². The smallest absolute Gasteiger partial charge is 0.239 e. The molecule has 0 fully saturated rings. The third-order valence-corrected chi connectivity index (χ3v) is 5.05. The average molecular weight is 398 g/mol. The van der Waals surface area contributed by atoms with E-state index < -0.39 is 10.0 Å². The summed E-state index contributed by atoms with van der Waals surface area (Å²) in [5.74, 6) is 0.640. The Hall–Kier alpha value is -2.21. The van der Waals surface area contributed by atoms with Crippen LogP contribution in [0.2, 0.25) is 0 Å². The maximum Gasteiger partial charge on any atom is 0.239 e. The lowest BCUT2D eigenvalue weighted by Gasteiger charge is -2.15. The summed E-state index contributed by atoms with van der Waals surface area (Å²) in [5, 5.41) is 9.36. The second-order valence-corrected chi connectivity index (χ2v) is 6.99. The number of halogens is 1. The lowest BCUT2D eigenvalue weighted by atomic mass is 10.0. The Labute approximate surface area is 140 Å². The van der Waals surface area contributed by atoms with Crippen molar-refractivity contribution in [3.05, 3.63) is 40.5 Å². The van der Waals surface area contributed by atoms with E-state index in [1.54, 1.807) is 30.5 Å². The van der Waals surface area contributed by atoms with Crippen LogP contribution in [-0.2, 0) is 10.0 Å². The molecule has 0 amide bonds. The van der Waals surface area contributed by atoms with Crippen molar-refractivity contribution in [2.24, 2.45) is 10.2 Å². The van der Waals surface area contributed by atoms with Gasteiger partial charge in [-0.2, -0.15) is 0 Å². The zero-order chi connectivity index (χ0) is 16.6. The molecule has 9 nitrogen and oxygen atoms in total. The second kappa shape index (κ2) is 5.77. The van der Waals surface area contributed by atoms with Crippen LogP contribution in [0.25, 0.3) is 11.1 Å². The molecule has 2 aromatic rings. The van der Waals surface area contributed by atoms with Gasteiger partial charge in [0.25, 0.3) is 0 Å². The fourth-order valence-electron chi connectivity index (χ4n) is 2.19. The molecule has 3 rings (SSSR count). The van der Waals surface area contributed by atoms with E-state index in [2.05, 4.69) is 42.5 Å². The first-order valence-electron chi connectivity index (χ1n) is 6.29. The van der Waals surface area contributed by atoms with Crippen LogP contribution in [0, 0.1) is 0 Å². The summed E-state index contributed by atoms with van der Waals surface area (Å²) >= 11 is 3.23. The number of nitrogen functional groups attached to an aromatic ring is 1. The molecule has 0 saturated carbocycles. The molecule has 1 aliphatic rings. The van der Waals surface area contributed by atoms with Crippen molar-refractivity contribution >= 4 is 37.6 Å². The summed E-state index contributed by atoms with van der Waals surface area (Å²) in [6.45, 7) is 0. The predicted octanol–water partition coefficient (Wildman–Crippen LogP) is 0.0147. The van der Waals surface area contributed by atoms with Crippen LogP contribution in [0.3, 0.4) is 0 Å². The molecule has 0 spiro atoms. The van der Waals surface area contributed by atoms with Crippen LogP contribution in [0.1, 0.15) is 5.56 Å². The molecule has 120 valence electrons. The minimum Gasteiger partial charge on any atom is -0.384 e. The molecule has 23 heavy (non-hydrogen) atoms. The Balaban J connectivity index is 2.34. The fraction of sp³-hybridized carbons (Fsp3) is 0. The number of hydrogen-bond acceptors (Lipinski definition) is 8. The van der Waals surface area contributed by atoms with Gasteiger partial charge in [0, 0.05) is 21.8 Å². The largest absolute Gasteiger partial charge is 0.384 e. The first-order chi connectivity index (χ1) is 10.9. The number of pyridine rings is 1. The number of amidine groups is 1. The van der Waals surface area contributed by atoms with E-state index in [4.69, 9.17) is 10.9 Å². The number of aromatic nitrogens is 1. The van der Waals surface area contributed by atoms with Gasteiger partial charge in [-0.3, -0.25) is 5.43 Å². The zero-order valence-electron chi connectivity index (χ0n) is 11.5. The lowest BCUT2D eigenvalue weighted by Crippen LogP contribution is -2.36. The third kappa shape index (κ3) is 2.99. The minimum absolute atomic E-state index is 0.0800. The van der Waals surface area contributed by atoms with Crippen molar-refractivity contribution in [1.29, 1.82) is 0 Å². The number of hydrazine groups is 2. The van der Waals surface area contributed by atoms with Gasteiger partial charge in [0.15, 0.2) is 5.84 Å². The monoisotopic (exact) mass is 397 g/mol. The van der Waals surface area contributed by atoms with Crippen LogP contribution >= 0.6 is 15.9 Å². The summed E-state index contributed by atoms with van der Waals surface area (Å²) in [4.78, 5) is 3.95. The molecule has 2 heterocycles. The quantitative estimate of drug-likeness (QED) is 0.489. The van der Waals surface area contributed by atoms with E-state index >= 15 is 0 Å². The van der Waals surface area contributed by atoms with Crippen molar-refractivity contribution in [2.45, 2.75) is 4.90 Å². The summed E-state index contributed by atoms with van der Waals surface area (Å²) in [5.41, 5.74) is 15.0. The Morgan fingerprint density at radius 3 is 2.52 bits per heavy atom. The van der Waals surface area contributed by atoms with E-state index in [9.17, 15) is 8.42 Å². The van der Waals surface area contributed by atoms with E-state index in [0.29, 0.717) is 27.0 Å². The van der Waals surface area contributed by atoms with Crippen molar-refractivity contribution < 1.29 is 8.42 Å². The first kappa shape index (κ1) is 15.7. The first-order valence-corrected chi connectivity index (χ1v) is 8.63. The van der Waals surface area contributed by atoms with Crippen LogP contribution in [0.5, 0.6) is 0 Å². The maximum absolute atomic E-state index is 12.1. The van der Waals surface area contributed by atoms with Gasteiger partial charge in [0.2, 0.25) is 10.0 Å². The number of sulfonamides is 1. The molecule has 1 aromatic heterocycles. The number of nitrogens with two attached hydrogens (primary N) is 2. The summed E-state index contributed by atoms with van der Waals surface area (Å²) in [6, 6.07) is 6.70. The maximum atomic E-state index is 12.1. The number of rotatable bonds is 3. The van der Waals surface area contributed by atoms with Gasteiger partial charge < -0.3 is 5.73 Å². The molecule has 0 aliphatic carbocycles. The van der Waals surface area contributed by atoms with Gasteiger partial charge in [-0.05, 0) is 39.7 Å². The molecule has 0 unspecified atom stereocenters. The Bertz CT molecular complexity index is 896. The second-order valence-electron chi connectivity index (χ2n) is 4.64. The number of hydrazone groups is 1. The molecule has 0 atom stereocenters. The number of nitrogens with one attached hydrogen (secondary N) is 3. The van der Waals surface area contributed by atoms with Crippen LogP contribution < -0.4 is 27.4 Å². The number of hydrogen-bond donors (Lipinski definition) is 5. The molecule has 7 N–H and O–H groups in total. The number of anilines is 1. The van der Waals surface area contributed by atoms with Crippen LogP contribution in [0.15, 0.2) is 44.9 Å². The SMILES string of the molecule is Nc1ccc(-c2ccc(Br)c(S(N)(=O)=O)c2C2=NNNN2)cn1. The van der Waals surface area contributed by atoms with Crippen molar-refractivity contribution in [3.63, 3.8) is 0 Å². The van der Waals surface area contributed by atoms with Gasteiger partial charge >= 0.3 is 0 Å². The van der Waals surface area contributed by atoms with E-state index in [-0.39, 0.29) is 10.7 Å². The number of nitrogens with zero attached hydrogens (tertiary/aromatic N) is 2. The van der Waals surface area contributed by atoms with Crippen LogP contribution in [0.4, 0.5) is 5.82 Å². The number of primary sulfonamides is 1. The molecule has 0 saturated heterocycles. The Morgan fingerprint density at radius 1 is 1.17 bits per heavy atom. The molecule has 0 bridgehead atoms. The van der Waals surface area contributed by atoms with Gasteiger partial charge in [0.05, 0.1) is 0 Å². The fourth-order valence-corrected chi connectivity index (χ4v) is 4.03. The van der Waals surface area contributed by atoms with Crippen LogP contribution in [-0.4, -0.2) is 19.2 Å². The van der Waals surface area contributed by atoms with E-state index in [1.165, 1.54) is 0 Å². The summed E-state index contributed by atoms with van der Waals surface area (Å²) in [6.07, 6.45) is 1.55. The topological polar surface area (TPSA) is 148 Å². The van der Waals surface area contributed by atoms with Crippen molar-refractivity contribution in [1.82, 2.24) is 21.5 Å². The highest BCUT2D eigenvalue weighted by atomic mass is 79.9. The Morgan fingerprint density at radius 2 is 1.96 bits per heavy atom. The highest BCUT2D eigenvalue weighted by Crippen LogP contribution is 2.33.